The van der Waals surface area contributed by atoms with Gasteiger partial charge in [-0.15, -0.1) is 0 Å². The van der Waals surface area contributed by atoms with Crippen LogP contribution in [0.3, 0.4) is 0 Å². The third kappa shape index (κ3) is 3.77. The normalized spacial score (nSPS) is 17.2. The Hall–Kier alpha value is -2.28. The number of rotatable bonds is 5. The van der Waals surface area contributed by atoms with Crippen LogP contribution in [-0.4, -0.2) is 42.3 Å². The van der Waals surface area contributed by atoms with Crippen molar-refractivity contribution in [1.29, 1.82) is 0 Å². The standard InChI is InChI=1S/C19H23NO5S/c1-10(2)14-8-13(11(3)7-15(14)24-5)9-16-17(21)20(19(23)26-16)12(4)18(22)25-6/h7-10,12H,1-6H3/b16-9+/t12-/m0/s1. The van der Waals surface area contributed by atoms with Crippen LogP contribution in [0.5, 0.6) is 5.75 Å². The summed E-state index contributed by atoms with van der Waals surface area (Å²) in [6.07, 6.45) is 1.69. The Bertz CT molecular complexity index is 784. The van der Waals surface area contributed by atoms with E-state index in [2.05, 4.69) is 18.6 Å². The van der Waals surface area contributed by atoms with E-state index < -0.39 is 23.2 Å². The van der Waals surface area contributed by atoms with Gasteiger partial charge in [0.25, 0.3) is 11.1 Å². The van der Waals surface area contributed by atoms with Crippen LogP contribution in [-0.2, 0) is 14.3 Å². The summed E-state index contributed by atoms with van der Waals surface area (Å²) < 4.78 is 10.1. The fourth-order valence-corrected chi connectivity index (χ4v) is 3.63. The van der Waals surface area contributed by atoms with Crippen LogP contribution in [0.25, 0.3) is 6.08 Å². The third-order valence-electron chi connectivity index (χ3n) is 4.28. The Morgan fingerprint density at radius 2 is 1.85 bits per heavy atom. The largest absolute Gasteiger partial charge is 0.496 e. The zero-order valence-corrected chi connectivity index (χ0v) is 16.6. The number of benzene rings is 1. The minimum absolute atomic E-state index is 0.243. The Balaban J connectivity index is 2.42. The first kappa shape index (κ1) is 20.0. The van der Waals surface area contributed by atoms with Gasteiger partial charge in [-0.3, -0.25) is 14.5 Å². The van der Waals surface area contributed by atoms with Gasteiger partial charge in [0.2, 0.25) is 0 Å². The fourth-order valence-electron chi connectivity index (χ4n) is 2.73. The van der Waals surface area contributed by atoms with E-state index >= 15 is 0 Å². The molecule has 0 unspecified atom stereocenters. The maximum absolute atomic E-state index is 12.6. The molecule has 1 atom stereocenters. The highest BCUT2D eigenvalue weighted by Gasteiger charge is 2.41. The number of esters is 1. The van der Waals surface area contributed by atoms with Crippen LogP contribution in [0.1, 0.15) is 43.4 Å². The van der Waals surface area contributed by atoms with E-state index in [1.54, 1.807) is 13.2 Å². The first-order valence-corrected chi connectivity index (χ1v) is 9.06. The third-order valence-corrected chi connectivity index (χ3v) is 5.16. The monoisotopic (exact) mass is 377 g/mol. The number of imide groups is 1. The fraction of sp³-hybridized carbons (Fsp3) is 0.421. The lowest BCUT2D eigenvalue weighted by atomic mass is 9.96. The Labute approximate surface area is 157 Å². The maximum Gasteiger partial charge on any atom is 0.328 e. The Kier molecular flexibility index (Phi) is 6.13. The molecule has 1 saturated heterocycles. The molecule has 1 aliphatic heterocycles. The van der Waals surface area contributed by atoms with Gasteiger partial charge in [-0.25, -0.2) is 4.79 Å². The summed E-state index contributed by atoms with van der Waals surface area (Å²) in [4.78, 5) is 37.7. The molecule has 1 fully saturated rings. The molecular formula is C19H23NO5S. The van der Waals surface area contributed by atoms with Crippen molar-refractivity contribution in [2.45, 2.75) is 39.7 Å². The topological polar surface area (TPSA) is 72.9 Å². The molecule has 0 bridgehead atoms. The molecular weight excluding hydrogens is 354 g/mol. The molecule has 0 N–H and O–H groups in total. The van der Waals surface area contributed by atoms with Gasteiger partial charge < -0.3 is 9.47 Å². The molecule has 0 spiro atoms. The van der Waals surface area contributed by atoms with Crippen molar-refractivity contribution in [1.82, 2.24) is 4.90 Å². The van der Waals surface area contributed by atoms with Crippen molar-refractivity contribution >= 4 is 35.0 Å². The summed E-state index contributed by atoms with van der Waals surface area (Å²) in [6.45, 7) is 7.51. The highest BCUT2D eigenvalue weighted by molar-refractivity contribution is 8.18. The summed E-state index contributed by atoms with van der Waals surface area (Å²) in [6, 6.07) is 2.93. The number of nitrogens with zero attached hydrogens (tertiary/aromatic N) is 1. The molecule has 0 aromatic heterocycles. The van der Waals surface area contributed by atoms with Gasteiger partial charge in [0.1, 0.15) is 11.8 Å². The zero-order chi connectivity index (χ0) is 19.6. The molecule has 0 saturated carbocycles. The van der Waals surface area contributed by atoms with E-state index in [4.69, 9.17) is 4.74 Å². The summed E-state index contributed by atoms with van der Waals surface area (Å²) in [5.41, 5.74) is 2.79. The molecule has 1 aliphatic rings. The van der Waals surface area contributed by atoms with E-state index in [0.717, 1.165) is 39.1 Å². The molecule has 7 heteroatoms. The second kappa shape index (κ2) is 7.95. The van der Waals surface area contributed by atoms with Crippen molar-refractivity contribution in [3.63, 3.8) is 0 Å². The minimum atomic E-state index is -0.957. The van der Waals surface area contributed by atoms with Gasteiger partial charge in [0.05, 0.1) is 19.1 Å². The van der Waals surface area contributed by atoms with Crippen molar-refractivity contribution in [2.24, 2.45) is 0 Å². The molecule has 2 rings (SSSR count). The van der Waals surface area contributed by atoms with Crippen molar-refractivity contribution in [2.75, 3.05) is 14.2 Å². The van der Waals surface area contributed by atoms with E-state index in [1.807, 2.05) is 19.1 Å². The number of carbonyl (C=O) groups is 3. The molecule has 1 aromatic carbocycles. The van der Waals surface area contributed by atoms with E-state index in [1.165, 1.54) is 14.0 Å². The summed E-state index contributed by atoms with van der Waals surface area (Å²) in [5.74, 6) is -0.0790. The molecule has 2 amide bonds. The van der Waals surface area contributed by atoms with Crippen LogP contribution in [0.2, 0.25) is 0 Å². The number of aryl methyl sites for hydroxylation is 1. The first-order chi connectivity index (χ1) is 12.2. The summed E-state index contributed by atoms with van der Waals surface area (Å²) in [7, 11) is 2.85. The lowest BCUT2D eigenvalue weighted by Gasteiger charge is -2.18. The molecule has 0 radical (unpaired) electrons. The van der Waals surface area contributed by atoms with Gasteiger partial charge in [-0.2, -0.15) is 0 Å². The van der Waals surface area contributed by atoms with E-state index in [9.17, 15) is 14.4 Å². The lowest BCUT2D eigenvalue weighted by Crippen LogP contribution is -2.42. The number of methoxy groups -OCH3 is 2. The second-order valence-corrected chi connectivity index (χ2v) is 7.35. The van der Waals surface area contributed by atoms with Gasteiger partial charge in [0.15, 0.2) is 0 Å². The Morgan fingerprint density at radius 1 is 1.19 bits per heavy atom. The molecule has 140 valence electrons. The average molecular weight is 377 g/mol. The van der Waals surface area contributed by atoms with Crippen molar-refractivity contribution < 1.29 is 23.9 Å². The maximum atomic E-state index is 12.6. The zero-order valence-electron chi connectivity index (χ0n) is 15.8. The number of carbonyl (C=O) groups excluding carboxylic acids is 3. The number of hydrogen-bond donors (Lipinski definition) is 0. The minimum Gasteiger partial charge on any atom is -0.496 e. The number of thioether (sulfide) groups is 1. The number of ether oxygens (including phenoxy) is 2. The second-order valence-electron chi connectivity index (χ2n) is 6.36. The van der Waals surface area contributed by atoms with Crippen LogP contribution in [0.15, 0.2) is 17.0 Å². The summed E-state index contributed by atoms with van der Waals surface area (Å²) in [5, 5.41) is -0.477. The molecule has 6 nitrogen and oxygen atoms in total. The predicted molar refractivity (Wildman–Crippen MR) is 101 cm³/mol. The van der Waals surface area contributed by atoms with Gasteiger partial charge in [-0.1, -0.05) is 13.8 Å². The van der Waals surface area contributed by atoms with Gasteiger partial charge in [0, 0.05) is 0 Å². The van der Waals surface area contributed by atoms with Crippen LogP contribution < -0.4 is 4.74 Å². The Morgan fingerprint density at radius 3 is 2.38 bits per heavy atom. The first-order valence-electron chi connectivity index (χ1n) is 8.24. The molecule has 0 aliphatic carbocycles. The van der Waals surface area contributed by atoms with Gasteiger partial charge >= 0.3 is 5.97 Å². The molecule has 1 heterocycles. The number of amides is 2. The molecule has 26 heavy (non-hydrogen) atoms. The smallest absolute Gasteiger partial charge is 0.328 e. The highest BCUT2D eigenvalue weighted by atomic mass is 32.2. The number of hydrogen-bond acceptors (Lipinski definition) is 6. The van der Waals surface area contributed by atoms with Crippen molar-refractivity contribution in [3.8, 4) is 5.75 Å². The highest BCUT2D eigenvalue weighted by Crippen LogP contribution is 2.36. The van der Waals surface area contributed by atoms with Crippen LogP contribution in [0.4, 0.5) is 4.79 Å². The van der Waals surface area contributed by atoms with Crippen molar-refractivity contribution in [3.05, 3.63) is 33.7 Å². The predicted octanol–water partition coefficient (Wildman–Crippen LogP) is 3.72. The van der Waals surface area contributed by atoms with E-state index in [0.29, 0.717) is 0 Å². The quantitative estimate of drug-likeness (QED) is 0.575. The summed E-state index contributed by atoms with van der Waals surface area (Å²) >= 11 is 0.825. The van der Waals surface area contributed by atoms with Crippen LogP contribution in [0, 0.1) is 6.92 Å². The SMILES string of the molecule is COC(=O)[C@H](C)N1C(=O)S/C(=C/c2cc(C(C)C)c(OC)cc2C)C1=O. The lowest BCUT2D eigenvalue weighted by molar-refractivity contribution is -0.148. The van der Waals surface area contributed by atoms with E-state index in [-0.39, 0.29) is 10.8 Å². The average Bonchev–Trinajstić information content (AvgIpc) is 2.88. The molecule has 1 aromatic rings. The van der Waals surface area contributed by atoms with Gasteiger partial charge in [-0.05, 0) is 66.4 Å². The van der Waals surface area contributed by atoms with Crippen LogP contribution >= 0.6 is 11.8 Å².